The van der Waals surface area contributed by atoms with Crippen LogP contribution in [-0.4, -0.2) is 42.3 Å². The minimum atomic E-state index is -0.470. The number of urea groups is 1. The van der Waals surface area contributed by atoms with Gasteiger partial charge in [-0.25, -0.2) is 4.79 Å². The fourth-order valence-corrected chi connectivity index (χ4v) is 2.37. The smallest absolute Gasteiger partial charge is 0.325 e. The summed E-state index contributed by atoms with van der Waals surface area (Å²) in [7, 11) is 1.29. The zero-order valence-corrected chi connectivity index (χ0v) is 12.6. The number of amides is 2. The number of hydrogen-bond donors (Lipinski definition) is 1. The van der Waals surface area contributed by atoms with Crippen molar-refractivity contribution >= 4 is 12.0 Å². The number of carbonyl (C=O) groups is 2. The van der Waals surface area contributed by atoms with Crippen molar-refractivity contribution in [2.75, 3.05) is 20.2 Å². The lowest BCUT2D eigenvalue weighted by atomic mass is 10.1. The highest BCUT2D eigenvalue weighted by molar-refractivity contribution is 5.81. The summed E-state index contributed by atoms with van der Waals surface area (Å²) in [6, 6.07) is 1.53. The fraction of sp³-hybridized carbons (Fsp3) is 0.643. The summed E-state index contributed by atoms with van der Waals surface area (Å²) < 4.78 is 9.80. The maximum atomic E-state index is 12.1. The minimum Gasteiger partial charge on any atom is -0.468 e. The first-order chi connectivity index (χ1) is 10.0. The van der Waals surface area contributed by atoms with Gasteiger partial charge in [0, 0.05) is 18.5 Å². The first-order valence-corrected chi connectivity index (χ1v) is 7.10. The van der Waals surface area contributed by atoms with Gasteiger partial charge < -0.3 is 19.5 Å². The molecule has 0 spiro atoms. The molecule has 0 unspecified atom stereocenters. The van der Waals surface area contributed by atoms with E-state index in [9.17, 15) is 9.59 Å². The van der Waals surface area contributed by atoms with Gasteiger partial charge in [-0.3, -0.25) is 4.79 Å². The standard InChI is InChI=1S/C14H21N3O4/c1-9(2)12-7-10(16-21-12)11-5-4-6-17(11)14(19)15-8-13(18)20-3/h7,9,11H,4-6,8H2,1-3H3,(H,15,19)/t11-/m0/s1. The van der Waals surface area contributed by atoms with Crippen molar-refractivity contribution in [1.82, 2.24) is 15.4 Å². The van der Waals surface area contributed by atoms with E-state index in [1.807, 2.05) is 19.9 Å². The van der Waals surface area contributed by atoms with Gasteiger partial charge in [0.25, 0.3) is 0 Å². The molecule has 1 fully saturated rings. The molecule has 7 nitrogen and oxygen atoms in total. The van der Waals surface area contributed by atoms with Gasteiger partial charge in [0.2, 0.25) is 0 Å². The van der Waals surface area contributed by atoms with Crippen LogP contribution in [-0.2, 0) is 9.53 Å². The van der Waals surface area contributed by atoms with Crippen LogP contribution in [0.2, 0.25) is 0 Å². The summed E-state index contributed by atoms with van der Waals surface area (Å²) in [6.45, 7) is 4.57. The second-order valence-electron chi connectivity index (χ2n) is 5.40. The first kappa shape index (κ1) is 15.3. The molecule has 1 atom stereocenters. The SMILES string of the molecule is COC(=O)CNC(=O)N1CCC[C@H]1c1cc(C(C)C)on1. The third-order valence-corrected chi connectivity index (χ3v) is 3.58. The molecule has 0 saturated carbocycles. The van der Waals surface area contributed by atoms with E-state index >= 15 is 0 Å². The predicted molar refractivity (Wildman–Crippen MR) is 74.7 cm³/mol. The molecule has 2 amide bonds. The summed E-state index contributed by atoms with van der Waals surface area (Å²) in [5, 5.41) is 6.63. The quantitative estimate of drug-likeness (QED) is 0.856. The molecule has 7 heteroatoms. The summed E-state index contributed by atoms with van der Waals surface area (Å²) >= 11 is 0. The molecule has 1 aromatic rings. The van der Waals surface area contributed by atoms with E-state index in [1.54, 1.807) is 4.90 Å². The zero-order valence-electron chi connectivity index (χ0n) is 12.6. The van der Waals surface area contributed by atoms with E-state index in [0.717, 1.165) is 24.3 Å². The van der Waals surface area contributed by atoms with E-state index < -0.39 is 5.97 Å². The molecular weight excluding hydrogens is 274 g/mol. The maximum absolute atomic E-state index is 12.1. The molecule has 1 aliphatic heterocycles. The van der Waals surface area contributed by atoms with Crippen molar-refractivity contribution < 1.29 is 18.8 Å². The van der Waals surface area contributed by atoms with Crippen LogP contribution >= 0.6 is 0 Å². The Morgan fingerprint density at radius 2 is 2.33 bits per heavy atom. The van der Waals surface area contributed by atoms with Crippen molar-refractivity contribution in [3.63, 3.8) is 0 Å². The lowest BCUT2D eigenvalue weighted by molar-refractivity contribution is -0.139. The minimum absolute atomic E-state index is 0.0982. The number of hydrogen-bond acceptors (Lipinski definition) is 5. The average molecular weight is 295 g/mol. The number of aromatic nitrogens is 1. The van der Waals surface area contributed by atoms with E-state index in [0.29, 0.717) is 6.54 Å². The van der Waals surface area contributed by atoms with Crippen molar-refractivity contribution in [2.45, 2.75) is 38.6 Å². The van der Waals surface area contributed by atoms with E-state index in [1.165, 1.54) is 7.11 Å². The van der Waals surface area contributed by atoms with Crippen molar-refractivity contribution in [3.05, 3.63) is 17.5 Å². The molecule has 1 aliphatic rings. The number of rotatable bonds is 4. The molecular formula is C14H21N3O4. The number of ether oxygens (including phenoxy) is 1. The van der Waals surface area contributed by atoms with Gasteiger partial charge in [-0.05, 0) is 12.8 Å². The number of methoxy groups -OCH3 is 1. The molecule has 0 bridgehead atoms. The molecule has 21 heavy (non-hydrogen) atoms. The Balaban J connectivity index is 2.02. The summed E-state index contributed by atoms with van der Waals surface area (Å²) in [6.07, 6.45) is 1.75. The molecule has 2 rings (SSSR count). The van der Waals surface area contributed by atoms with Crippen molar-refractivity contribution in [3.8, 4) is 0 Å². The highest BCUT2D eigenvalue weighted by Gasteiger charge is 2.32. The number of nitrogens with zero attached hydrogens (tertiary/aromatic N) is 2. The van der Waals surface area contributed by atoms with Gasteiger partial charge in [0.1, 0.15) is 18.0 Å². The summed E-state index contributed by atoms with van der Waals surface area (Å²) in [5.41, 5.74) is 0.768. The van der Waals surface area contributed by atoms with Crippen LogP contribution in [0.3, 0.4) is 0 Å². The van der Waals surface area contributed by atoms with Crippen LogP contribution in [0.5, 0.6) is 0 Å². The highest BCUT2D eigenvalue weighted by atomic mass is 16.5. The molecule has 0 aliphatic carbocycles. The van der Waals surface area contributed by atoms with E-state index in [-0.39, 0.29) is 24.5 Å². The molecule has 1 aromatic heterocycles. The van der Waals surface area contributed by atoms with E-state index in [4.69, 9.17) is 4.52 Å². The molecule has 2 heterocycles. The number of likely N-dealkylation sites (tertiary alicyclic amines) is 1. The lowest BCUT2D eigenvalue weighted by Gasteiger charge is -2.22. The normalized spacial score (nSPS) is 18.1. The molecule has 116 valence electrons. The van der Waals surface area contributed by atoms with Gasteiger partial charge >= 0.3 is 12.0 Å². The van der Waals surface area contributed by atoms with Crippen LogP contribution in [0, 0.1) is 0 Å². The topological polar surface area (TPSA) is 84.7 Å². The predicted octanol–water partition coefficient (Wildman–Crippen LogP) is 1.82. The van der Waals surface area contributed by atoms with Gasteiger partial charge in [-0.2, -0.15) is 0 Å². The monoisotopic (exact) mass is 295 g/mol. The van der Waals surface area contributed by atoms with Crippen LogP contribution in [0.1, 0.15) is 50.1 Å². The third-order valence-electron chi connectivity index (χ3n) is 3.58. The number of carbonyl (C=O) groups excluding carboxylic acids is 2. The van der Waals surface area contributed by atoms with Crippen molar-refractivity contribution in [2.24, 2.45) is 0 Å². The Bertz CT molecular complexity index is 512. The highest BCUT2D eigenvalue weighted by Crippen LogP contribution is 2.32. The average Bonchev–Trinajstić information content (AvgIpc) is 3.11. The fourth-order valence-electron chi connectivity index (χ4n) is 2.37. The largest absolute Gasteiger partial charge is 0.468 e. The summed E-state index contributed by atoms with van der Waals surface area (Å²) in [4.78, 5) is 24.9. The van der Waals surface area contributed by atoms with Crippen molar-refractivity contribution in [1.29, 1.82) is 0 Å². The summed E-state index contributed by atoms with van der Waals surface area (Å²) in [5.74, 6) is 0.601. The lowest BCUT2D eigenvalue weighted by Crippen LogP contribution is -2.41. The van der Waals surface area contributed by atoms with Crippen LogP contribution in [0.25, 0.3) is 0 Å². The Kier molecular flexibility index (Phi) is 4.82. The molecule has 0 radical (unpaired) electrons. The second-order valence-corrected chi connectivity index (χ2v) is 5.40. The maximum Gasteiger partial charge on any atom is 0.325 e. The van der Waals surface area contributed by atoms with Crippen LogP contribution in [0.15, 0.2) is 10.6 Å². The number of esters is 1. The molecule has 0 aromatic carbocycles. The third kappa shape index (κ3) is 3.53. The molecule has 1 N–H and O–H groups in total. The first-order valence-electron chi connectivity index (χ1n) is 7.10. The Morgan fingerprint density at radius 3 is 2.95 bits per heavy atom. The van der Waals surface area contributed by atoms with E-state index in [2.05, 4.69) is 15.2 Å². The Morgan fingerprint density at radius 1 is 1.57 bits per heavy atom. The molecule has 1 saturated heterocycles. The van der Waals surface area contributed by atoms with Gasteiger partial charge in [-0.15, -0.1) is 0 Å². The van der Waals surface area contributed by atoms with Crippen LogP contribution in [0.4, 0.5) is 4.79 Å². The van der Waals surface area contributed by atoms with Crippen LogP contribution < -0.4 is 5.32 Å². The number of nitrogens with one attached hydrogen (secondary N) is 1. The zero-order chi connectivity index (χ0) is 15.4. The Hall–Kier alpha value is -2.05. The Labute approximate surface area is 123 Å². The van der Waals surface area contributed by atoms with Gasteiger partial charge in [-0.1, -0.05) is 19.0 Å². The van der Waals surface area contributed by atoms with Gasteiger partial charge in [0.05, 0.1) is 13.2 Å². The second kappa shape index (κ2) is 6.60. The van der Waals surface area contributed by atoms with Gasteiger partial charge in [0.15, 0.2) is 0 Å².